The zero-order chi connectivity index (χ0) is 25.7. The lowest BCUT2D eigenvalue weighted by Gasteiger charge is -2.36. The van der Waals surface area contributed by atoms with Gasteiger partial charge in [0.1, 0.15) is 6.61 Å². The number of nitrogens with one attached hydrogen (secondary N) is 1. The Morgan fingerprint density at radius 2 is 1.78 bits per heavy atom. The van der Waals surface area contributed by atoms with Gasteiger partial charge >= 0.3 is 12.0 Å². The van der Waals surface area contributed by atoms with Crippen molar-refractivity contribution in [2.24, 2.45) is 0 Å². The standard InChI is InChI=1S/C24H28F3N5O4/c25-24(26,27)21-14-18(15-28-23(21)32(34)35)29-17-6-8-20(9-7-17)36-16-22(33)31-12-10-30(11-13-31)19-4-2-1-3-5-19/h1-5,14-15,17,20,29H,6-13,16H2/t17-,20-. The fourth-order valence-corrected chi connectivity index (χ4v) is 4.63. The lowest BCUT2D eigenvalue weighted by molar-refractivity contribution is -0.392. The Hall–Kier alpha value is -3.41. The second-order valence-corrected chi connectivity index (χ2v) is 8.98. The molecular formula is C24H28F3N5O4. The molecule has 1 saturated heterocycles. The summed E-state index contributed by atoms with van der Waals surface area (Å²) < 4.78 is 45.4. The summed E-state index contributed by atoms with van der Waals surface area (Å²) in [4.78, 5) is 29.8. The Labute approximate surface area is 206 Å². The van der Waals surface area contributed by atoms with Crippen LogP contribution in [0.5, 0.6) is 0 Å². The summed E-state index contributed by atoms with van der Waals surface area (Å²) in [7, 11) is 0. The van der Waals surface area contributed by atoms with Crippen LogP contribution >= 0.6 is 0 Å². The van der Waals surface area contributed by atoms with E-state index < -0.39 is 22.5 Å². The molecule has 1 aromatic carbocycles. The molecule has 0 atom stereocenters. The first-order chi connectivity index (χ1) is 17.2. The number of anilines is 2. The van der Waals surface area contributed by atoms with E-state index in [9.17, 15) is 28.1 Å². The van der Waals surface area contributed by atoms with E-state index in [-0.39, 0.29) is 30.3 Å². The van der Waals surface area contributed by atoms with Gasteiger partial charge in [0.15, 0.2) is 11.8 Å². The summed E-state index contributed by atoms with van der Waals surface area (Å²) in [6, 6.07) is 10.7. The average molecular weight is 508 g/mol. The van der Waals surface area contributed by atoms with Crippen molar-refractivity contribution in [3.05, 3.63) is 58.3 Å². The van der Waals surface area contributed by atoms with Gasteiger partial charge in [-0.1, -0.05) is 18.2 Å². The molecule has 1 aliphatic carbocycles. The summed E-state index contributed by atoms with van der Waals surface area (Å²) in [5.41, 5.74) is -0.148. The predicted octanol–water partition coefficient (Wildman–Crippen LogP) is 4.10. The number of nitrogens with zero attached hydrogens (tertiary/aromatic N) is 4. The van der Waals surface area contributed by atoms with Crippen LogP contribution in [-0.2, 0) is 15.7 Å². The second-order valence-electron chi connectivity index (χ2n) is 8.98. The summed E-state index contributed by atoms with van der Waals surface area (Å²) in [5, 5.41) is 13.9. The van der Waals surface area contributed by atoms with Gasteiger partial charge in [-0.15, -0.1) is 0 Å². The maximum atomic E-state index is 13.2. The van der Waals surface area contributed by atoms with E-state index in [4.69, 9.17) is 4.74 Å². The van der Waals surface area contributed by atoms with Crippen molar-refractivity contribution in [3.63, 3.8) is 0 Å². The minimum absolute atomic E-state index is 0.00924. The molecule has 2 fully saturated rings. The number of hydrogen-bond donors (Lipinski definition) is 1. The van der Waals surface area contributed by atoms with Crippen LogP contribution in [0.2, 0.25) is 0 Å². The fourth-order valence-electron chi connectivity index (χ4n) is 4.63. The molecule has 194 valence electrons. The third-order valence-corrected chi connectivity index (χ3v) is 6.59. The Balaban J connectivity index is 1.20. The molecule has 1 aromatic heterocycles. The number of amides is 1. The zero-order valence-electron chi connectivity index (χ0n) is 19.6. The summed E-state index contributed by atoms with van der Waals surface area (Å²) in [6.07, 6.45) is -1.36. The number of nitro groups is 1. The normalized spacial score (nSPS) is 20.8. The number of aromatic nitrogens is 1. The number of carbonyl (C=O) groups is 1. The van der Waals surface area contributed by atoms with Gasteiger partial charge in [-0.3, -0.25) is 4.79 Å². The number of para-hydroxylation sites is 1. The molecule has 2 heterocycles. The van der Waals surface area contributed by atoms with Crippen molar-refractivity contribution < 1.29 is 27.6 Å². The van der Waals surface area contributed by atoms with E-state index in [1.807, 2.05) is 23.1 Å². The molecular weight excluding hydrogens is 479 g/mol. The molecule has 0 radical (unpaired) electrons. The molecule has 12 heteroatoms. The van der Waals surface area contributed by atoms with Gasteiger partial charge in [0, 0.05) is 37.9 Å². The van der Waals surface area contributed by atoms with Crippen LogP contribution in [0.15, 0.2) is 42.6 Å². The Kier molecular flexibility index (Phi) is 7.92. The van der Waals surface area contributed by atoms with Gasteiger partial charge in [0.2, 0.25) is 5.91 Å². The number of halogens is 3. The Morgan fingerprint density at radius 1 is 1.11 bits per heavy atom. The molecule has 4 rings (SSSR count). The molecule has 0 spiro atoms. The molecule has 36 heavy (non-hydrogen) atoms. The van der Waals surface area contributed by atoms with Crippen LogP contribution in [0.4, 0.5) is 30.4 Å². The third kappa shape index (κ3) is 6.42. The molecule has 9 nitrogen and oxygen atoms in total. The summed E-state index contributed by atoms with van der Waals surface area (Å²) >= 11 is 0. The molecule has 0 bridgehead atoms. The average Bonchev–Trinajstić information content (AvgIpc) is 2.88. The maximum absolute atomic E-state index is 13.2. The van der Waals surface area contributed by atoms with Crippen molar-refractivity contribution in [2.45, 2.75) is 44.0 Å². The predicted molar refractivity (Wildman–Crippen MR) is 127 cm³/mol. The van der Waals surface area contributed by atoms with Gasteiger partial charge in [-0.05, 0) is 53.8 Å². The van der Waals surface area contributed by atoms with Gasteiger partial charge in [0.05, 0.1) is 11.8 Å². The van der Waals surface area contributed by atoms with E-state index in [2.05, 4.69) is 27.3 Å². The minimum Gasteiger partial charge on any atom is -0.379 e. The fraction of sp³-hybridized carbons (Fsp3) is 0.500. The monoisotopic (exact) mass is 507 g/mol. The molecule has 1 aliphatic heterocycles. The van der Waals surface area contributed by atoms with Gasteiger partial charge in [-0.2, -0.15) is 13.2 Å². The molecule has 2 aliphatic rings. The topological polar surface area (TPSA) is 101 Å². The lowest BCUT2D eigenvalue weighted by Crippen LogP contribution is -2.50. The van der Waals surface area contributed by atoms with Crippen molar-refractivity contribution >= 4 is 23.1 Å². The van der Waals surface area contributed by atoms with Crippen LogP contribution in [0.25, 0.3) is 0 Å². The van der Waals surface area contributed by atoms with Crippen molar-refractivity contribution in [1.82, 2.24) is 9.88 Å². The minimum atomic E-state index is -4.88. The van der Waals surface area contributed by atoms with Gasteiger partial charge in [-0.25, -0.2) is 0 Å². The highest BCUT2D eigenvalue weighted by Crippen LogP contribution is 2.36. The number of piperazine rings is 1. The summed E-state index contributed by atoms with van der Waals surface area (Å²) in [6.45, 7) is 2.81. The van der Waals surface area contributed by atoms with Crippen LogP contribution in [0.3, 0.4) is 0 Å². The first-order valence-corrected chi connectivity index (χ1v) is 11.9. The highest BCUT2D eigenvalue weighted by atomic mass is 19.4. The van der Waals surface area contributed by atoms with Crippen LogP contribution in [0, 0.1) is 10.1 Å². The quantitative estimate of drug-likeness (QED) is 0.445. The maximum Gasteiger partial charge on any atom is 0.424 e. The smallest absolute Gasteiger partial charge is 0.379 e. The van der Waals surface area contributed by atoms with Crippen LogP contribution in [0.1, 0.15) is 31.2 Å². The number of alkyl halides is 3. The first kappa shape index (κ1) is 25.7. The van der Waals surface area contributed by atoms with Crippen molar-refractivity contribution in [1.29, 1.82) is 0 Å². The Morgan fingerprint density at radius 3 is 2.39 bits per heavy atom. The van der Waals surface area contributed by atoms with Crippen LogP contribution < -0.4 is 10.2 Å². The van der Waals surface area contributed by atoms with E-state index in [0.29, 0.717) is 38.8 Å². The van der Waals surface area contributed by atoms with Gasteiger partial charge in [0.25, 0.3) is 0 Å². The SMILES string of the molecule is O=C(CO[C@H]1CC[C@H](Nc2cnc([N+](=O)[O-])c(C(F)(F)F)c2)CC1)N1CCN(c2ccccc2)CC1. The zero-order valence-corrected chi connectivity index (χ0v) is 19.6. The number of rotatable bonds is 7. The molecule has 0 unspecified atom stereocenters. The third-order valence-electron chi connectivity index (χ3n) is 6.59. The molecule has 1 saturated carbocycles. The van der Waals surface area contributed by atoms with E-state index in [1.165, 1.54) is 0 Å². The molecule has 2 aromatic rings. The molecule has 1 N–H and O–H groups in total. The van der Waals surface area contributed by atoms with Crippen molar-refractivity contribution in [3.8, 4) is 0 Å². The highest BCUT2D eigenvalue weighted by Gasteiger charge is 2.40. The van der Waals surface area contributed by atoms with Crippen LogP contribution in [-0.4, -0.2) is 65.6 Å². The van der Waals surface area contributed by atoms with Crippen molar-refractivity contribution in [2.75, 3.05) is 43.0 Å². The van der Waals surface area contributed by atoms with Gasteiger partial charge < -0.3 is 30.0 Å². The highest BCUT2D eigenvalue weighted by molar-refractivity contribution is 5.77. The second kappa shape index (κ2) is 11.1. The number of carbonyl (C=O) groups excluding carboxylic acids is 1. The lowest BCUT2D eigenvalue weighted by atomic mass is 9.92. The number of ether oxygens (including phenoxy) is 1. The molecule has 1 amide bonds. The largest absolute Gasteiger partial charge is 0.424 e. The summed E-state index contributed by atoms with van der Waals surface area (Å²) in [5.74, 6) is -1.25. The first-order valence-electron chi connectivity index (χ1n) is 11.9. The van der Waals surface area contributed by atoms with E-state index in [1.54, 1.807) is 0 Å². The number of pyridine rings is 1. The number of benzene rings is 1. The van der Waals surface area contributed by atoms with E-state index >= 15 is 0 Å². The number of hydrogen-bond acceptors (Lipinski definition) is 7. The Bertz CT molecular complexity index is 1050. The van der Waals surface area contributed by atoms with E-state index in [0.717, 1.165) is 31.0 Å².